The van der Waals surface area contributed by atoms with Crippen LogP contribution in [0.15, 0.2) is 24.3 Å². The van der Waals surface area contributed by atoms with Crippen molar-refractivity contribution in [2.45, 2.75) is 32.2 Å². The number of ether oxygens (including phenoxy) is 1. The number of sulfonamides is 1. The molecule has 1 aromatic rings. The van der Waals surface area contributed by atoms with Crippen molar-refractivity contribution >= 4 is 15.9 Å². The standard InChI is InChI=1S/C16H24N2O4S/c1-3-23(20,21)17-14-7-9-18(10-8-14)16(19)12-13-5-4-6-15(11-13)22-2/h4-6,11,14,17H,3,7-10,12H2,1-2H3. The van der Waals surface area contributed by atoms with Crippen LogP contribution in [0.1, 0.15) is 25.3 Å². The average Bonchev–Trinajstić information content (AvgIpc) is 2.55. The van der Waals surface area contributed by atoms with Gasteiger partial charge in [-0.15, -0.1) is 0 Å². The quantitative estimate of drug-likeness (QED) is 0.843. The summed E-state index contributed by atoms with van der Waals surface area (Å²) in [5.41, 5.74) is 0.920. The third kappa shape index (κ3) is 5.21. The Morgan fingerprint density at radius 3 is 2.65 bits per heavy atom. The maximum atomic E-state index is 12.4. The van der Waals surface area contributed by atoms with E-state index in [0.29, 0.717) is 32.4 Å². The Morgan fingerprint density at radius 2 is 2.04 bits per heavy atom. The smallest absolute Gasteiger partial charge is 0.226 e. The molecule has 1 aromatic carbocycles. The monoisotopic (exact) mass is 340 g/mol. The number of benzene rings is 1. The Bertz CT molecular complexity index is 637. The van der Waals surface area contributed by atoms with E-state index in [4.69, 9.17) is 4.74 Å². The van der Waals surface area contributed by atoms with Gasteiger partial charge in [-0.25, -0.2) is 13.1 Å². The van der Waals surface area contributed by atoms with Crippen molar-refractivity contribution in [3.8, 4) is 5.75 Å². The first kappa shape index (κ1) is 17.7. The second-order valence-electron chi connectivity index (χ2n) is 5.70. The average molecular weight is 340 g/mol. The maximum absolute atomic E-state index is 12.4. The van der Waals surface area contributed by atoms with Crippen LogP contribution in [-0.2, 0) is 21.2 Å². The lowest BCUT2D eigenvalue weighted by atomic mass is 10.0. The van der Waals surface area contributed by atoms with Crippen LogP contribution in [0.3, 0.4) is 0 Å². The molecule has 0 saturated carbocycles. The van der Waals surface area contributed by atoms with Gasteiger partial charge in [0.1, 0.15) is 5.75 Å². The molecule has 23 heavy (non-hydrogen) atoms. The third-order valence-corrected chi connectivity index (χ3v) is 5.52. The van der Waals surface area contributed by atoms with Gasteiger partial charge < -0.3 is 9.64 Å². The first-order valence-corrected chi connectivity index (χ1v) is 9.49. The van der Waals surface area contributed by atoms with Crippen LogP contribution in [-0.4, -0.2) is 51.2 Å². The normalized spacial score (nSPS) is 16.3. The minimum atomic E-state index is -3.18. The second kappa shape index (κ2) is 7.79. The van der Waals surface area contributed by atoms with Gasteiger partial charge in [-0.3, -0.25) is 4.79 Å². The first-order chi connectivity index (χ1) is 10.9. The predicted molar refractivity (Wildman–Crippen MR) is 88.9 cm³/mol. The highest BCUT2D eigenvalue weighted by Gasteiger charge is 2.25. The highest BCUT2D eigenvalue weighted by Crippen LogP contribution is 2.16. The number of carbonyl (C=O) groups is 1. The van der Waals surface area contributed by atoms with Crippen LogP contribution in [0.5, 0.6) is 5.75 Å². The number of nitrogens with zero attached hydrogens (tertiary/aromatic N) is 1. The number of nitrogens with one attached hydrogen (secondary N) is 1. The molecule has 0 atom stereocenters. The Labute approximate surface area is 137 Å². The summed E-state index contributed by atoms with van der Waals surface area (Å²) >= 11 is 0. The molecule has 2 rings (SSSR count). The number of hydrogen-bond donors (Lipinski definition) is 1. The number of rotatable bonds is 6. The van der Waals surface area contributed by atoms with E-state index in [1.165, 1.54) is 0 Å². The molecule has 1 saturated heterocycles. The van der Waals surface area contributed by atoms with Crippen LogP contribution < -0.4 is 9.46 Å². The summed E-state index contributed by atoms with van der Waals surface area (Å²) in [6.45, 7) is 2.79. The molecule has 0 unspecified atom stereocenters. The predicted octanol–water partition coefficient (Wildman–Crippen LogP) is 1.17. The Hall–Kier alpha value is -1.60. The highest BCUT2D eigenvalue weighted by atomic mass is 32.2. The van der Waals surface area contributed by atoms with Crippen molar-refractivity contribution in [2.75, 3.05) is 26.0 Å². The van der Waals surface area contributed by atoms with Gasteiger partial charge in [-0.05, 0) is 37.5 Å². The first-order valence-electron chi connectivity index (χ1n) is 7.84. The van der Waals surface area contributed by atoms with E-state index < -0.39 is 10.0 Å². The Morgan fingerprint density at radius 1 is 1.35 bits per heavy atom. The van der Waals surface area contributed by atoms with Gasteiger partial charge in [0.05, 0.1) is 19.3 Å². The molecule has 0 aromatic heterocycles. The summed E-state index contributed by atoms with van der Waals surface area (Å²) in [6, 6.07) is 7.41. The Kier molecular flexibility index (Phi) is 6.01. The number of likely N-dealkylation sites (tertiary alicyclic amines) is 1. The molecule has 0 bridgehead atoms. The number of amides is 1. The molecule has 1 amide bonds. The molecule has 0 spiro atoms. The molecule has 0 radical (unpaired) electrons. The summed E-state index contributed by atoms with van der Waals surface area (Å²) in [5, 5.41) is 0. The molecule has 1 fully saturated rings. The number of hydrogen-bond acceptors (Lipinski definition) is 4. The fraction of sp³-hybridized carbons (Fsp3) is 0.562. The summed E-state index contributed by atoms with van der Waals surface area (Å²) in [5.74, 6) is 0.889. The number of carbonyl (C=O) groups excluding carboxylic acids is 1. The van der Waals surface area contributed by atoms with Crippen LogP contribution in [0.4, 0.5) is 0 Å². The van der Waals surface area contributed by atoms with E-state index in [0.717, 1.165) is 11.3 Å². The lowest BCUT2D eigenvalue weighted by Gasteiger charge is -2.32. The molecule has 1 N–H and O–H groups in total. The van der Waals surface area contributed by atoms with Crippen molar-refractivity contribution in [3.63, 3.8) is 0 Å². The minimum Gasteiger partial charge on any atom is -0.497 e. The van der Waals surface area contributed by atoms with E-state index >= 15 is 0 Å². The molecular formula is C16H24N2O4S. The summed E-state index contributed by atoms with van der Waals surface area (Å²) in [4.78, 5) is 14.2. The van der Waals surface area contributed by atoms with Crippen molar-refractivity contribution in [1.82, 2.24) is 9.62 Å². The van der Waals surface area contributed by atoms with Gasteiger partial charge >= 0.3 is 0 Å². The number of piperidine rings is 1. The highest BCUT2D eigenvalue weighted by molar-refractivity contribution is 7.89. The molecule has 1 heterocycles. The third-order valence-electron chi connectivity index (χ3n) is 4.06. The SMILES string of the molecule is CCS(=O)(=O)NC1CCN(C(=O)Cc2cccc(OC)c2)CC1. The van der Waals surface area contributed by atoms with E-state index in [1.807, 2.05) is 24.3 Å². The van der Waals surface area contributed by atoms with Gasteiger partial charge in [0, 0.05) is 19.1 Å². The van der Waals surface area contributed by atoms with Crippen LogP contribution in [0.25, 0.3) is 0 Å². The van der Waals surface area contributed by atoms with E-state index in [-0.39, 0.29) is 17.7 Å². The van der Waals surface area contributed by atoms with Gasteiger partial charge in [-0.1, -0.05) is 12.1 Å². The molecule has 128 valence electrons. The van der Waals surface area contributed by atoms with Crippen molar-refractivity contribution < 1.29 is 17.9 Å². The largest absolute Gasteiger partial charge is 0.497 e. The van der Waals surface area contributed by atoms with E-state index in [1.54, 1.807) is 18.9 Å². The lowest BCUT2D eigenvalue weighted by Crippen LogP contribution is -2.47. The van der Waals surface area contributed by atoms with Crippen LogP contribution in [0, 0.1) is 0 Å². The lowest BCUT2D eigenvalue weighted by molar-refractivity contribution is -0.131. The van der Waals surface area contributed by atoms with Crippen LogP contribution in [0.2, 0.25) is 0 Å². The summed E-state index contributed by atoms with van der Waals surface area (Å²) in [6.07, 6.45) is 1.65. The summed E-state index contributed by atoms with van der Waals surface area (Å²) in [7, 11) is -1.58. The zero-order valence-corrected chi connectivity index (χ0v) is 14.4. The molecule has 6 nitrogen and oxygen atoms in total. The topological polar surface area (TPSA) is 75.7 Å². The molecule has 7 heteroatoms. The molecular weight excluding hydrogens is 316 g/mol. The van der Waals surface area contributed by atoms with Crippen LogP contribution >= 0.6 is 0 Å². The van der Waals surface area contributed by atoms with Crippen molar-refractivity contribution in [3.05, 3.63) is 29.8 Å². The van der Waals surface area contributed by atoms with E-state index in [2.05, 4.69) is 4.72 Å². The van der Waals surface area contributed by atoms with Gasteiger partial charge in [0.25, 0.3) is 0 Å². The fourth-order valence-corrected chi connectivity index (χ4v) is 3.56. The number of methoxy groups -OCH3 is 1. The second-order valence-corrected chi connectivity index (χ2v) is 7.75. The molecule has 1 aliphatic heterocycles. The molecule has 1 aliphatic rings. The Balaban J connectivity index is 1.86. The zero-order chi connectivity index (χ0) is 16.9. The fourth-order valence-electron chi connectivity index (χ4n) is 2.65. The van der Waals surface area contributed by atoms with Gasteiger partial charge in [0.2, 0.25) is 15.9 Å². The van der Waals surface area contributed by atoms with Crippen molar-refractivity contribution in [1.29, 1.82) is 0 Å². The van der Waals surface area contributed by atoms with Crippen molar-refractivity contribution in [2.24, 2.45) is 0 Å². The zero-order valence-electron chi connectivity index (χ0n) is 13.6. The maximum Gasteiger partial charge on any atom is 0.226 e. The summed E-state index contributed by atoms with van der Waals surface area (Å²) < 4.78 is 31.0. The minimum absolute atomic E-state index is 0.0649. The molecule has 0 aliphatic carbocycles. The van der Waals surface area contributed by atoms with Gasteiger partial charge in [0.15, 0.2) is 0 Å². The van der Waals surface area contributed by atoms with E-state index in [9.17, 15) is 13.2 Å². The van der Waals surface area contributed by atoms with Gasteiger partial charge in [-0.2, -0.15) is 0 Å².